The van der Waals surface area contributed by atoms with Gasteiger partial charge in [-0.1, -0.05) is 0 Å². The smallest absolute Gasteiger partial charge is 0.245 e. The van der Waals surface area contributed by atoms with E-state index in [0.717, 1.165) is 31.2 Å². The number of aliphatic hydroxyl groups excluding tert-OH is 1. The van der Waals surface area contributed by atoms with Gasteiger partial charge in [-0.3, -0.25) is 0 Å². The summed E-state index contributed by atoms with van der Waals surface area (Å²) in [6, 6.07) is 0. The van der Waals surface area contributed by atoms with E-state index in [1.54, 1.807) is 6.20 Å². The molecule has 0 amide bonds. The monoisotopic (exact) mass is 286 g/mol. The first kappa shape index (κ1) is 14.6. The van der Waals surface area contributed by atoms with Crippen LogP contribution in [0.25, 0.3) is 0 Å². The van der Waals surface area contributed by atoms with Gasteiger partial charge < -0.3 is 20.1 Å². The number of aromatic nitrogens is 2. The van der Waals surface area contributed by atoms with Crippen LogP contribution in [0.3, 0.4) is 0 Å². The van der Waals surface area contributed by atoms with Crippen molar-refractivity contribution in [2.45, 2.75) is 25.4 Å². The largest absolute Gasteiger partial charge is 0.473 e. The number of rotatable bonds is 9. The zero-order valence-corrected chi connectivity index (χ0v) is 11.9. The second-order valence-corrected chi connectivity index (χ2v) is 5.37. The molecule has 1 aliphatic heterocycles. The lowest BCUT2D eigenvalue weighted by Gasteiger charge is -2.15. The molecule has 0 bridgehead atoms. The minimum Gasteiger partial charge on any atom is -0.473 e. The number of nitrogens with zero attached hydrogens (tertiary/aromatic N) is 3. The number of aliphatic hydroxyl groups is 1. The topological polar surface area (TPSA) is 70.5 Å². The van der Waals surface area contributed by atoms with Crippen molar-refractivity contribution in [1.82, 2.24) is 19.0 Å². The summed E-state index contributed by atoms with van der Waals surface area (Å²) in [5.41, 5.74) is 0. The molecule has 0 aliphatic carbocycles. The number of nitrogens with one attached hydrogen (secondary N) is 1. The number of hydrogen-bond donors (Lipinski definition) is 2. The highest BCUT2D eigenvalue weighted by molar-refractivity contribution is 6.99. The molecule has 1 aromatic heterocycles. The van der Waals surface area contributed by atoms with E-state index in [4.69, 9.17) is 4.74 Å². The van der Waals surface area contributed by atoms with Crippen molar-refractivity contribution in [1.29, 1.82) is 0 Å². The second kappa shape index (κ2) is 8.42. The molecule has 7 heteroatoms. The Hall–Kier alpha value is -0.760. The molecule has 0 spiro atoms. The van der Waals surface area contributed by atoms with Crippen molar-refractivity contribution in [3.8, 4) is 5.88 Å². The predicted octanol–water partition coefficient (Wildman–Crippen LogP) is 0.353. The van der Waals surface area contributed by atoms with Gasteiger partial charge in [0.1, 0.15) is 18.9 Å². The summed E-state index contributed by atoms with van der Waals surface area (Å²) in [7, 11) is 0. The van der Waals surface area contributed by atoms with E-state index in [9.17, 15) is 5.11 Å². The first-order valence-corrected chi connectivity index (χ1v) is 7.59. The maximum Gasteiger partial charge on any atom is 0.245 e. The highest BCUT2D eigenvalue weighted by Crippen LogP contribution is 2.07. The van der Waals surface area contributed by atoms with Crippen LogP contribution >= 0.6 is 11.7 Å². The molecule has 1 aliphatic rings. The molecular weight excluding hydrogens is 264 g/mol. The molecule has 0 saturated carbocycles. The lowest BCUT2D eigenvalue weighted by Crippen LogP contribution is -2.33. The molecular formula is C12H22N4O2S. The Bertz CT molecular complexity index is 330. The Morgan fingerprint density at radius 3 is 3.05 bits per heavy atom. The number of ether oxygens (including phenoxy) is 1. The molecule has 108 valence electrons. The molecule has 1 unspecified atom stereocenters. The lowest BCUT2D eigenvalue weighted by atomic mass is 10.3. The van der Waals surface area contributed by atoms with Gasteiger partial charge in [0.2, 0.25) is 5.88 Å². The summed E-state index contributed by atoms with van der Waals surface area (Å²) in [5, 5.41) is 13.0. The summed E-state index contributed by atoms with van der Waals surface area (Å²) in [6.45, 7) is 5.40. The molecule has 19 heavy (non-hydrogen) atoms. The van der Waals surface area contributed by atoms with Crippen LogP contribution in [0.5, 0.6) is 5.88 Å². The van der Waals surface area contributed by atoms with E-state index in [1.807, 2.05) is 0 Å². The molecule has 0 aromatic carbocycles. The van der Waals surface area contributed by atoms with Gasteiger partial charge in [0.15, 0.2) is 0 Å². The Labute approximate surface area is 118 Å². The number of hydrogen-bond acceptors (Lipinski definition) is 7. The van der Waals surface area contributed by atoms with E-state index in [0.29, 0.717) is 12.4 Å². The Kier molecular flexibility index (Phi) is 6.49. The van der Waals surface area contributed by atoms with Crippen molar-refractivity contribution in [2.24, 2.45) is 0 Å². The zero-order chi connectivity index (χ0) is 13.3. The van der Waals surface area contributed by atoms with Gasteiger partial charge in [0.25, 0.3) is 0 Å². The van der Waals surface area contributed by atoms with Gasteiger partial charge in [-0.15, -0.1) is 4.37 Å². The van der Waals surface area contributed by atoms with Crippen LogP contribution in [-0.2, 0) is 0 Å². The van der Waals surface area contributed by atoms with Crippen LogP contribution in [0.15, 0.2) is 6.20 Å². The predicted molar refractivity (Wildman–Crippen MR) is 74.6 cm³/mol. The molecule has 1 aromatic rings. The molecule has 1 atom stereocenters. The van der Waals surface area contributed by atoms with Crippen LogP contribution in [0, 0.1) is 0 Å². The minimum absolute atomic E-state index is 0.255. The fourth-order valence-corrected chi connectivity index (χ4v) is 2.53. The second-order valence-electron chi connectivity index (χ2n) is 4.82. The van der Waals surface area contributed by atoms with Gasteiger partial charge in [0, 0.05) is 6.54 Å². The standard InChI is InChI=1S/C12H22N4O2S/c17-11(10-18-12-9-14-19-15-12)8-13-4-3-7-16-5-1-2-6-16/h9,11,13,17H,1-8,10H2. The summed E-state index contributed by atoms with van der Waals surface area (Å²) < 4.78 is 13.0. The van der Waals surface area contributed by atoms with Crippen LogP contribution in [0.4, 0.5) is 0 Å². The fraction of sp³-hybridized carbons (Fsp3) is 0.833. The van der Waals surface area contributed by atoms with Gasteiger partial charge in [0.05, 0.1) is 11.7 Å². The van der Waals surface area contributed by atoms with Crippen molar-refractivity contribution in [3.63, 3.8) is 0 Å². The van der Waals surface area contributed by atoms with Crippen LogP contribution < -0.4 is 10.1 Å². The van der Waals surface area contributed by atoms with Crippen molar-refractivity contribution in [2.75, 3.05) is 39.3 Å². The Morgan fingerprint density at radius 2 is 2.32 bits per heavy atom. The highest BCUT2D eigenvalue weighted by Gasteiger charge is 2.10. The zero-order valence-electron chi connectivity index (χ0n) is 11.1. The Morgan fingerprint density at radius 1 is 1.47 bits per heavy atom. The van der Waals surface area contributed by atoms with E-state index < -0.39 is 6.10 Å². The third kappa shape index (κ3) is 5.82. The molecule has 2 heterocycles. The van der Waals surface area contributed by atoms with Crippen molar-refractivity contribution in [3.05, 3.63) is 6.20 Å². The van der Waals surface area contributed by atoms with Crippen molar-refractivity contribution < 1.29 is 9.84 Å². The maximum absolute atomic E-state index is 9.72. The summed E-state index contributed by atoms with van der Waals surface area (Å²) >= 11 is 1.10. The van der Waals surface area contributed by atoms with Gasteiger partial charge >= 0.3 is 0 Å². The highest BCUT2D eigenvalue weighted by atomic mass is 32.1. The molecule has 1 fully saturated rings. The molecule has 6 nitrogen and oxygen atoms in total. The Balaban J connectivity index is 1.43. The first-order chi connectivity index (χ1) is 9.34. The average molecular weight is 286 g/mol. The lowest BCUT2D eigenvalue weighted by molar-refractivity contribution is 0.104. The molecule has 2 N–H and O–H groups in total. The number of likely N-dealkylation sites (tertiary alicyclic amines) is 1. The van der Waals surface area contributed by atoms with Crippen LogP contribution in [0.1, 0.15) is 19.3 Å². The fourth-order valence-electron chi connectivity index (χ4n) is 2.16. The average Bonchev–Trinajstić information content (AvgIpc) is 3.09. The third-order valence-electron chi connectivity index (χ3n) is 3.17. The van der Waals surface area contributed by atoms with Crippen LogP contribution in [0.2, 0.25) is 0 Å². The molecule has 1 saturated heterocycles. The molecule has 0 radical (unpaired) electrons. The van der Waals surface area contributed by atoms with E-state index >= 15 is 0 Å². The van der Waals surface area contributed by atoms with Crippen molar-refractivity contribution >= 4 is 11.7 Å². The SMILES string of the molecule is OC(CNCCCN1CCCC1)COc1cnsn1. The van der Waals surface area contributed by atoms with E-state index in [1.165, 1.54) is 25.9 Å². The van der Waals surface area contributed by atoms with E-state index in [2.05, 4.69) is 19.0 Å². The van der Waals surface area contributed by atoms with Crippen LogP contribution in [-0.4, -0.2) is 64.2 Å². The first-order valence-electron chi connectivity index (χ1n) is 6.86. The van der Waals surface area contributed by atoms with Gasteiger partial charge in [-0.2, -0.15) is 4.37 Å². The normalized spacial score (nSPS) is 17.7. The minimum atomic E-state index is -0.506. The maximum atomic E-state index is 9.72. The van der Waals surface area contributed by atoms with Gasteiger partial charge in [-0.05, 0) is 45.4 Å². The quantitative estimate of drug-likeness (QED) is 0.639. The van der Waals surface area contributed by atoms with Gasteiger partial charge in [-0.25, -0.2) is 0 Å². The summed E-state index contributed by atoms with van der Waals surface area (Å²) in [4.78, 5) is 2.50. The van der Waals surface area contributed by atoms with E-state index in [-0.39, 0.29) is 6.61 Å². The summed E-state index contributed by atoms with van der Waals surface area (Å²) in [6.07, 6.45) is 4.86. The third-order valence-corrected chi connectivity index (χ3v) is 3.63. The molecule has 2 rings (SSSR count). The summed E-state index contributed by atoms with van der Waals surface area (Å²) in [5.74, 6) is 0.484.